The zero-order chi connectivity index (χ0) is 28.7. The van der Waals surface area contributed by atoms with E-state index in [0.29, 0.717) is 13.0 Å². The van der Waals surface area contributed by atoms with Crippen molar-refractivity contribution in [2.75, 3.05) is 13.1 Å². The van der Waals surface area contributed by atoms with Crippen molar-refractivity contribution < 1.29 is 22.8 Å². The Hall–Kier alpha value is -3.98. The maximum absolute atomic E-state index is 13.8. The fraction of sp³-hybridized carbons (Fsp3) is 0.323. The third-order valence-electron chi connectivity index (χ3n) is 6.96. The number of benzene rings is 3. The summed E-state index contributed by atoms with van der Waals surface area (Å²) < 4.78 is 26.7. The summed E-state index contributed by atoms with van der Waals surface area (Å²) in [6.45, 7) is 4.54. The number of aryl methyl sites for hydroxylation is 1. The van der Waals surface area contributed by atoms with Crippen molar-refractivity contribution in [2.45, 2.75) is 57.0 Å². The molecule has 1 atom stereocenters. The van der Waals surface area contributed by atoms with Gasteiger partial charge in [-0.2, -0.15) is 0 Å². The van der Waals surface area contributed by atoms with Crippen molar-refractivity contribution in [1.82, 2.24) is 14.5 Å². The van der Waals surface area contributed by atoms with Crippen LogP contribution in [0.3, 0.4) is 0 Å². The number of nitrogens with zero attached hydrogens (tertiary/aromatic N) is 2. The highest BCUT2D eigenvalue weighted by Crippen LogP contribution is 2.30. The van der Waals surface area contributed by atoms with Crippen LogP contribution in [0.4, 0.5) is 0 Å². The highest BCUT2D eigenvalue weighted by molar-refractivity contribution is 7.90. The number of amides is 3. The fourth-order valence-corrected chi connectivity index (χ4v) is 6.39. The molecule has 0 radical (unpaired) electrons. The van der Waals surface area contributed by atoms with Gasteiger partial charge in [-0.3, -0.25) is 14.4 Å². The average Bonchev–Trinajstić information content (AvgIpc) is 3.15. The quantitative estimate of drug-likeness (QED) is 0.359. The molecule has 0 aliphatic carbocycles. The standard InChI is InChI=1S/C31H35N3O5S/c1-3-19-32-30(36)27(21-24-10-5-4-6-11-24)33(22-25-17-15-23(2)16-18-25)29(35)14-9-20-34-31(37)26-12-7-8-13-28(26)40(34,38)39/h4-8,10-13,15-18,27H,3,9,14,19-22H2,1-2H3,(H,32,36)/t27-/m1/s1. The normalized spacial score (nSPS) is 14.4. The maximum Gasteiger partial charge on any atom is 0.269 e. The number of rotatable bonds is 12. The van der Waals surface area contributed by atoms with E-state index in [4.69, 9.17) is 0 Å². The molecule has 0 unspecified atom stereocenters. The van der Waals surface area contributed by atoms with Gasteiger partial charge in [0.1, 0.15) is 10.9 Å². The van der Waals surface area contributed by atoms with Crippen LogP contribution in [0.2, 0.25) is 0 Å². The molecule has 210 valence electrons. The lowest BCUT2D eigenvalue weighted by atomic mass is 10.0. The summed E-state index contributed by atoms with van der Waals surface area (Å²) >= 11 is 0. The molecule has 8 nitrogen and oxygen atoms in total. The topological polar surface area (TPSA) is 104 Å². The zero-order valence-electron chi connectivity index (χ0n) is 22.9. The van der Waals surface area contributed by atoms with E-state index in [1.165, 1.54) is 12.1 Å². The predicted molar refractivity (Wildman–Crippen MR) is 153 cm³/mol. The van der Waals surface area contributed by atoms with Crippen molar-refractivity contribution in [1.29, 1.82) is 0 Å². The highest BCUT2D eigenvalue weighted by atomic mass is 32.2. The van der Waals surface area contributed by atoms with Crippen LogP contribution in [-0.4, -0.2) is 54.5 Å². The van der Waals surface area contributed by atoms with E-state index < -0.39 is 22.0 Å². The first-order chi connectivity index (χ1) is 19.2. The van der Waals surface area contributed by atoms with Gasteiger partial charge in [0.15, 0.2) is 0 Å². The molecule has 3 aromatic carbocycles. The number of nitrogens with one attached hydrogen (secondary N) is 1. The third-order valence-corrected chi connectivity index (χ3v) is 8.80. The van der Waals surface area contributed by atoms with E-state index in [2.05, 4.69) is 5.32 Å². The highest BCUT2D eigenvalue weighted by Gasteiger charge is 2.40. The van der Waals surface area contributed by atoms with Gasteiger partial charge in [0, 0.05) is 32.5 Å². The maximum atomic E-state index is 13.8. The molecule has 3 aromatic rings. The average molecular weight is 562 g/mol. The molecular formula is C31H35N3O5S. The molecule has 0 saturated heterocycles. The van der Waals surface area contributed by atoms with E-state index >= 15 is 0 Å². The summed E-state index contributed by atoms with van der Waals surface area (Å²) in [6, 6.07) is 22.7. The number of carbonyl (C=O) groups excluding carboxylic acids is 3. The second kappa shape index (κ2) is 12.9. The van der Waals surface area contributed by atoms with Gasteiger partial charge < -0.3 is 10.2 Å². The van der Waals surface area contributed by atoms with Gasteiger partial charge in [-0.15, -0.1) is 0 Å². The van der Waals surface area contributed by atoms with Gasteiger partial charge >= 0.3 is 0 Å². The minimum Gasteiger partial charge on any atom is -0.354 e. The number of fused-ring (bicyclic) bond motifs is 1. The second-order valence-corrected chi connectivity index (χ2v) is 11.8. The van der Waals surface area contributed by atoms with Crippen LogP contribution in [0.25, 0.3) is 0 Å². The number of carbonyl (C=O) groups is 3. The van der Waals surface area contributed by atoms with E-state index in [-0.39, 0.29) is 48.2 Å². The molecule has 1 aliphatic rings. The number of hydrogen-bond acceptors (Lipinski definition) is 5. The molecule has 0 fully saturated rings. The molecule has 0 spiro atoms. The molecule has 40 heavy (non-hydrogen) atoms. The van der Waals surface area contributed by atoms with Crippen LogP contribution in [-0.2, 0) is 32.6 Å². The van der Waals surface area contributed by atoms with Gasteiger partial charge in [-0.25, -0.2) is 12.7 Å². The molecule has 1 aliphatic heterocycles. The first kappa shape index (κ1) is 29.0. The first-order valence-electron chi connectivity index (χ1n) is 13.5. The smallest absolute Gasteiger partial charge is 0.269 e. The van der Waals surface area contributed by atoms with E-state index in [0.717, 1.165) is 27.4 Å². The lowest BCUT2D eigenvalue weighted by Crippen LogP contribution is -2.50. The van der Waals surface area contributed by atoms with Gasteiger partial charge in [-0.1, -0.05) is 79.2 Å². The number of sulfonamides is 1. The minimum atomic E-state index is -3.95. The summed E-state index contributed by atoms with van der Waals surface area (Å²) in [5, 5.41) is 2.95. The molecular weight excluding hydrogens is 526 g/mol. The summed E-state index contributed by atoms with van der Waals surface area (Å²) in [4.78, 5) is 41.5. The molecule has 4 rings (SSSR count). The Morgan fingerprint density at radius 1 is 0.925 bits per heavy atom. The Labute approximate surface area is 236 Å². The summed E-state index contributed by atoms with van der Waals surface area (Å²) in [7, 11) is -3.95. The molecule has 1 N–H and O–H groups in total. The Kier molecular flexibility index (Phi) is 9.37. The van der Waals surface area contributed by atoms with E-state index in [9.17, 15) is 22.8 Å². The van der Waals surface area contributed by atoms with Gasteiger partial charge in [0.2, 0.25) is 11.8 Å². The van der Waals surface area contributed by atoms with Gasteiger partial charge in [-0.05, 0) is 43.0 Å². The number of hydrogen-bond donors (Lipinski definition) is 1. The fourth-order valence-electron chi connectivity index (χ4n) is 4.78. The zero-order valence-corrected chi connectivity index (χ0v) is 23.7. The van der Waals surface area contributed by atoms with Crippen LogP contribution in [0.1, 0.15) is 53.2 Å². The molecule has 3 amide bonds. The summed E-state index contributed by atoms with van der Waals surface area (Å²) in [6.07, 6.45) is 1.21. The second-order valence-electron chi connectivity index (χ2n) is 9.99. The minimum absolute atomic E-state index is 0.0113. The molecule has 9 heteroatoms. The molecule has 0 bridgehead atoms. The van der Waals surface area contributed by atoms with Crippen molar-refractivity contribution in [3.05, 3.63) is 101 Å². The Morgan fingerprint density at radius 3 is 2.27 bits per heavy atom. The third kappa shape index (κ3) is 6.59. The lowest BCUT2D eigenvalue weighted by molar-refractivity contribution is -0.141. The molecule has 0 saturated carbocycles. The monoisotopic (exact) mass is 561 g/mol. The van der Waals surface area contributed by atoms with Crippen LogP contribution in [0, 0.1) is 6.92 Å². The summed E-state index contributed by atoms with van der Waals surface area (Å²) in [5.74, 6) is -1.10. The Balaban J connectivity index is 1.55. The van der Waals surface area contributed by atoms with E-state index in [1.807, 2.05) is 68.4 Å². The lowest BCUT2D eigenvalue weighted by Gasteiger charge is -2.32. The Bertz CT molecular complexity index is 1460. The van der Waals surface area contributed by atoms with Crippen molar-refractivity contribution in [2.24, 2.45) is 0 Å². The van der Waals surface area contributed by atoms with Crippen LogP contribution < -0.4 is 5.32 Å². The largest absolute Gasteiger partial charge is 0.354 e. The van der Waals surface area contributed by atoms with Crippen LogP contribution >= 0.6 is 0 Å². The predicted octanol–water partition coefficient (Wildman–Crippen LogP) is 4.09. The van der Waals surface area contributed by atoms with Crippen LogP contribution in [0.15, 0.2) is 83.8 Å². The Morgan fingerprint density at radius 2 is 1.60 bits per heavy atom. The van der Waals surface area contributed by atoms with Crippen molar-refractivity contribution in [3.63, 3.8) is 0 Å². The summed E-state index contributed by atoms with van der Waals surface area (Å²) in [5.41, 5.74) is 3.03. The molecule has 0 aromatic heterocycles. The van der Waals surface area contributed by atoms with Gasteiger partial charge in [0.05, 0.1) is 5.56 Å². The SMILES string of the molecule is CCCNC(=O)[C@@H](Cc1ccccc1)N(Cc1ccc(C)cc1)C(=O)CCCN1C(=O)c2ccccc2S1(=O)=O. The van der Waals surface area contributed by atoms with E-state index in [1.54, 1.807) is 17.0 Å². The molecule has 1 heterocycles. The van der Waals surface area contributed by atoms with Crippen LogP contribution in [0.5, 0.6) is 0 Å². The van der Waals surface area contributed by atoms with Crippen molar-refractivity contribution in [3.8, 4) is 0 Å². The van der Waals surface area contributed by atoms with Crippen molar-refractivity contribution >= 4 is 27.7 Å². The van der Waals surface area contributed by atoms with Gasteiger partial charge in [0.25, 0.3) is 15.9 Å². The first-order valence-corrected chi connectivity index (χ1v) is 15.0.